The molecular weight excluding hydrogens is 244 g/mol. The van der Waals surface area contributed by atoms with Crippen LogP contribution >= 0.6 is 0 Å². The molecule has 2 rings (SSSR count). The van der Waals surface area contributed by atoms with E-state index in [1.807, 2.05) is 0 Å². The number of nitrogens with one attached hydrogen (secondary N) is 1. The van der Waals surface area contributed by atoms with E-state index >= 15 is 0 Å². The number of anilines is 1. The van der Waals surface area contributed by atoms with Gasteiger partial charge in [-0.3, -0.25) is 4.72 Å². The lowest BCUT2D eigenvalue weighted by atomic mass is 10.2. The number of ether oxygens (including phenoxy) is 1. The molecule has 2 heterocycles. The van der Waals surface area contributed by atoms with Crippen molar-refractivity contribution in [3.8, 4) is 5.75 Å². The fraction of sp³-hybridized carbons (Fsp3) is 0.500. The molecule has 1 aromatic heterocycles. The molecule has 0 spiro atoms. The van der Waals surface area contributed by atoms with E-state index in [9.17, 15) is 13.5 Å². The molecule has 0 saturated carbocycles. The van der Waals surface area contributed by atoms with Crippen LogP contribution < -0.4 is 4.72 Å². The largest absolute Gasteiger partial charge is 0.504 e. The summed E-state index contributed by atoms with van der Waals surface area (Å²) in [7, 11) is -3.51. The molecular formula is C10H14N2O4S. The molecule has 94 valence electrons. The van der Waals surface area contributed by atoms with Crippen molar-refractivity contribution < 1.29 is 18.3 Å². The highest BCUT2D eigenvalue weighted by Gasteiger charge is 2.28. The van der Waals surface area contributed by atoms with Crippen LogP contribution in [0.1, 0.15) is 12.8 Å². The van der Waals surface area contributed by atoms with Crippen LogP contribution in [0.15, 0.2) is 18.3 Å². The number of aromatic hydroxyl groups is 1. The number of nitrogens with zero attached hydrogens (tertiary/aromatic N) is 1. The van der Waals surface area contributed by atoms with E-state index in [2.05, 4.69) is 9.71 Å². The van der Waals surface area contributed by atoms with E-state index < -0.39 is 15.3 Å². The third-order valence-electron chi connectivity index (χ3n) is 2.63. The van der Waals surface area contributed by atoms with Crippen LogP contribution in [0.25, 0.3) is 0 Å². The molecule has 1 saturated heterocycles. The lowest BCUT2D eigenvalue weighted by Crippen LogP contribution is -2.33. The highest BCUT2D eigenvalue weighted by atomic mass is 32.2. The van der Waals surface area contributed by atoms with Gasteiger partial charge in [0.05, 0.1) is 5.25 Å². The summed E-state index contributed by atoms with van der Waals surface area (Å²) >= 11 is 0. The molecule has 2 N–H and O–H groups in total. The van der Waals surface area contributed by atoms with E-state index in [4.69, 9.17) is 4.74 Å². The van der Waals surface area contributed by atoms with Gasteiger partial charge in [0.2, 0.25) is 10.0 Å². The van der Waals surface area contributed by atoms with Crippen molar-refractivity contribution in [1.82, 2.24) is 4.98 Å². The Morgan fingerprint density at radius 3 is 2.76 bits per heavy atom. The van der Waals surface area contributed by atoms with Crippen LogP contribution in [-0.4, -0.2) is 37.0 Å². The second-order valence-corrected chi connectivity index (χ2v) is 5.79. The minimum atomic E-state index is -3.51. The number of rotatable bonds is 3. The fourth-order valence-corrected chi connectivity index (χ4v) is 3.09. The average Bonchev–Trinajstić information content (AvgIpc) is 2.33. The molecule has 0 aliphatic carbocycles. The first-order valence-corrected chi connectivity index (χ1v) is 6.87. The molecule has 0 amide bonds. The number of aromatic nitrogens is 1. The molecule has 1 aliphatic heterocycles. The molecule has 0 bridgehead atoms. The Morgan fingerprint density at radius 2 is 2.12 bits per heavy atom. The molecule has 0 aromatic carbocycles. The van der Waals surface area contributed by atoms with E-state index in [0.717, 1.165) is 0 Å². The van der Waals surface area contributed by atoms with Gasteiger partial charge in [-0.2, -0.15) is 0 Å². The van der Waals surface area contributed by atoms with Gasteiger partial charge in [-0.1, -0.05) is 0 Å². The summed E-state index contributed by atoms with van der Waals surface area (Å²) in [5.74, 6) is -0.206. The average molecular weight is 258 g/mol. The molecule has 0 radical (unpaired) electrons. The zero-order valence-electron chi connectivity index (χ0n) is 9.17. The van der Waals surface area contributed by atoms with Gasteiger partial charge in [0.15, 0.2) is 11.6 Å². The second-order valence-electron chi connectivity index (χ2n) is 3.83. The van der Waals surface area contributed by atoms with Crippen LogP contribution in [-0.2, 0) is 14.8 Å². The van der Waals surface area contributed by atoms with Gasteiger partial charge in [0.1, 0.15) is 0 Å². The van der Waals surface area contributed by atoms with E-state index in [1.165, 1.54) is 18.3 Å². The van der Waals surface area contributed by atoms with Gasteiger partial charge in [-0.25, -0.2) is 13.4 Å². The molecule has 6 nitrogen and oxygen atoms in total. The summed E-state index contributed by atoms with van der Waals surface area (Å²) in [4.78, 5) is 3.79. The summed E-state index contributed by atoms with van der Waals surface area (Å²) in [6.07, 6.45) is 2.34. The molecule has 0 atom stereocenters. The Labute approximate surface area is 99.7 Å². The first kappa shape index (κ1) is 12.1. The van der Waals surface area contributed by atoms with Crippen LogP contribution in [0.2, 0.25) is 0 Å². The highest BCUT2D eigenvalue weighted by molar-refractivity contribution is 7.93. The van der Waals surface area contributed by atoms with E-state index in [1.54, 1.807) is 0 Å². The Morgan fingerprint density at radius 1 is 1.41 bits per heavy atom. The van der Waals surface area contributed by atoms with Crippen molar-refractivity contribution in [2.24, 2.45) is 0 Å². The Kier molecular flexibility index (Phi) is 3.49. The minimum absolute atomic E-state index is 0.0287. The monoisotopic (exact) mass is 258 g/mol. The topological polar surface area (TPSA) is 88.5 Å². The Balaban J connectivity index is 2.14. The quantitative estimate of drug-likeness (QED) is 0.833. The third-order valence-corrected chi connectivity index (χ3v) is 4.46. The van der Waals surface area contributed by atoms with Crippen molar-refractivity contribution in [3.05, 3.63) is 18.3 Å². The first-order chi connectivity index (χ1) is 8.09. The first-order valence-electron chi connectivity index (χ1n) is 5.33. The van der Waals surface area contributed by atoms with Crippen LogP contribution in [0, 0.1) is 0 Å². The Bertz CT molecular complexity index is 483. The zero-order valence-corrected chi connectivity index (χ0v) is 9.98. The minimum Gasteiger partial charge on any atom is -0.504 e. The standard InChI is InChI=1S/C10H14N2O4S/c13-9-2-1-5-11-10(9)12-17(14,15)8-3-6-16-7-4-8/h1-2,5,8,13H,3-4,6-7H2,(H,11,12). The molecule has 7 heteroatoms. The SMILES string of the molecule is O=S(=O)(Nc1ncccc1O)C1CCOCC1. The van der Waals surface area contributed by atoms with Gasteiger partial charge in [-0.15, -0.1) is 0 Å². The van der Waals surface area contributed by atoms with Crippen molar-refractivity contribution >= 4 is 15.8 Å². The molecule has 0 unspecified atom stereocenters. The fourth-order valence-electron chi connectivity index (χ4n) is 1.68. The van der Waals surface area contributed by atoms with E-state index in [0.29, 0.717) is 26.1 Å². The smallest absolute Gasteiger partial charge is 0.237 e. The maximum atomic E-state index is 12.0. The van der Waals surface area contributed by atoms with Crippen LogP contribution in [0.3, 0.4) is 0 Å². The van der Waals surface area contributed by atoms with Gasteiger partial charge in [0, 0.05) is 19.4 Å². The zero-order chi connectivity index (χ0) is 12.3. The third kappa shape index (κ3) is 2.86. The summed E-state index contributed by atoms with van der Waals surface area (Å²) in [5.41, 5.74) is 0. The van der Waals surface area contributed by atoms with Gasteiger partial charge < -0.3 is 9.84 Å². The van der Waals surface area contributed by atoms with Gasteiger partial charge in [-0.05, 0) is 25.0 Å². The lowest BCUT2D eigenvalue weighted by Gasteiger charge is -2.22. The summed E-state index contributed by atoms with van der Waals surface area (Å²) < 4.78 is 31.4. The molecule has 1 aliphatic rings. The van der Waals surface area contributed by atoms with Gasteiger partial charge >= 0.3 is 0 Å². The number of hydrogen-bond acceptors (Lipinski definition) is 5. The summed E-state index contributed by atoms with van der Waals surface area (Å²) in [5, 5.41) is 8.97. The maximum absolute atomic E-state index is 12.0. The highest BCUT2D eigenvalue weighted by Crippen LogP contribution is 2.23. The predicted octanol–water partition coefficient (Wildman–Crippen LogP) is 0.708. The van der Waals surface area contributed by atoms with Crippen LogP contribution in [0.4, 0.5) is 5.82 Å². The normalized spacial score (nSPS) is 17.9. The molecule has 1 fully saturated rings. The lowest BCUT2D eigenvalue weighted by molar-refractivity contribution is 0.0984. The number of pyridine rings is 1. The molecule has 1 aromatic rings. The number of hydrogen-bond donors (Lipinski definition) is 2. The number of sulfonamides is 1. The van der Waals surface area contributed by atoms with Crippen LogP contribution in [0.5, 0.6) is 5.75 Å². The second kappa shape index (κ2) is 4.89. The van der Waals surface area contributed by atoms with Crippen molar-refractivity contribution in [1.29, 1.82) is 0 Å². The molecule has 17 heavy (non-hydrogen) atoms. The predicted molar refractivity (Wildman–Crippen MR) is 62.3 cm³/mol. The van der Waals surface area contributed by atoms with Gasteiger partial charge in [0.25, 0.3) is 0 Å². The van der Waals surface area contributed by atoms with E-state index in [-0.39, 0.29) is 11.6 Å². The summed E-state index contributed by atoms with van der Waals surface area (Å²) in [6.45, 7) is 0.888. The summed E-state index contributed by atoms with van der Waals surface area (Å²) in [6, 6.07) is 2.91. The maximum Gasteiger partial charge on any atom is 0.237 e. The van der Waals surface area contributed by atoms with Crippen molar-refractivity contribution in [2.45, 2.75) is 18.1 Å². The van der Waals surface area contributed by atoms with Crippen molar-refractivity contribution in [3.63, 3.8) is 0 Å². The van der Waals surface area contributed by atoms with Crippen molar-refractivity contribution in [2.75, 3.05) is 17.9 Å². The Hall–Kier alpha value is -1.34.